The summed E-state index contributed by atoms with van der Waals surface area (Å²) in [7, 11) is 1.36. The van der Waals surface area contributed by atoms with E-state index >= 15 is 0 Å². The average Bonchev–Trinajstić information content (AvgIpc) is 3.22. The van der Waals surface area contributed by atoms with Crippen LogP contribution in [0.4, 0.5) is 0 Å². The monoisotopic (exact) mass is 880 g/mol. The first-order chi connectivity index (χ1) is 29.6. The van der Waals surface area contributed by atoms with Gasteiger partial charge in [-0.2, -0.15) is 0 Å². The van der Waals surface area contributed by atoms with Gasteiger partial charge in [0.2, 0.25) is 0 Å². The van der Waals surface area contributed by atoms with Crippen LogP contribution in [-0.4, -0.2) is 70.7 Å². The van der Waals surface area contributed by atoms with Gasteiger partial charge in [-0.15, -0.1) is 0 Å². The number of allylic oxidation sites excluding steroid dienone is 8. The summed E-state index contributed by atoms with van der Waals surface area (Å²) in [5.41, 5.74) is 0. The highest BCUT2D eigenvalue weighted by molar-refractivity contribution is 7.45. The summed E-state index contributed by atoms with van der Waals surface area (Å²) in [5, 5.41) is 0. The zero-order chi connectivity index (χ0) is 44.8. The third kappa shape index (κ3) is 49.3. The minimum absolute atomic E-state index is 0.0267. The highest BCUT2D eigenvalue weighted by Gasteiger charge is 2.20. The van der Waals surface area contributed by atoms with E-state index in [1.165, 1.54) is 141 Å². The highest BCUT2D eigenvalue weighted by atomic mass is 31.2. The Balaban J connectivity index is 4.05. The standard InChI is InChI=1S/C52H98NO7P/c1-6-8-10-12-14-16-18-20-21-22-23-24-25-26-27-28-29-30-31-32-34-36-38-40-42-44-47-57-49-51(50-59-61(55,56)58-48-46-53(3,4)5)60-52(54)45-43-41-39-37-35-33-19-17-15-13-11-9-7-2/h8,10,14,16,20-21,23-24,51H,6-7,9,11-13,15,17-19,22,25-50H2,1-5H3/b10-8-,16-14-,21-20-,24-23-. The van der Waals surface area contributed by atoms with Gasteiger partial charge < -0.3 is 27.9 Å². The Bertz CT molecular complexity index is 1120. The molecule has 0 saturated heterocycles. The number of hydrogen-bond donors (Lipinski definition) is 0. The summed E-state index contributed by atoms with van der Waals surface area (Å²) in [6, 6.07) is 0. The molecule has 0 saturated carbocycles. The fourth-order valence-electron chi connectivity index (χ4n) is 7.01. The second-order valence-electron chi connectivity index (χ2n) is 18.2. The third-order valence-electron chi connectivity index (χ3n) is 10.9. The third-order valence-corrected chi connectivity index (χ3v) is 11.9. The molecule has 0 aliphatic carbocycles. The molecule has 358 valence electrons. The van der Waals surface area contributed by atoms with Gasteiger partial charge in [-0.25, -0.2) is 0 Å². The number of phosphoric acid groups is 1. The second-order valence-corrected chi connectivity index (χ2v) is 19.6. The van der Waals surface area contributed by atoms with Gasteiger partial charge >= 0.3 is 5.97 Å². The molecule has 0 aliphatic heterocycles. The van der Waals surface area contributed by atoms with Gasteiger partial charge in [-0.3, -0.25) is 9.36 Å². The zero-order valence-electron chi connectivity index (χ0n) is 40.6. The van der Waals surface area contributed by atoms with Crippen LogP contribution in [0.15, 0.2) is 48.6 Å². The van der Waals surface area contributed by atoms with E-state index in [9.17, 15) is 14.3 Å². The number of carbonyl (C=O) groups is 1. The van der Waals surface area contributed by atoms with Gasteiger partial charge in [0, 0.05) is 13.0 Å². The maximum Gasteiger partial charge on any atom is 0.306 e. The average molecular weight is 880 g/mol. The van der Waals surface area contributed by atoms with Crippen molar-refractivity contribution < 1.29 is 37.3 Å². The summed E-state index contributed by atoms with van der Waals surface area (Å²) in [5.74, 6) is -0.333. The molecule has 2 unspecified atom stereocenters. The maximum atomic E-state index is 12.7. The number of phosphoric ester groups is 1. The number of unbranched alkanes of at least 4 members (excludes halogenated alkanes) is 25. The quantitative estimate of drug-likeness (QED) is 0.0198. The molecule has 0 aliphatic rings. The van der Waals surface area contributed by atoms with E-state index in [0.29, 0.717) is 24.1 Å². The van der Waals surface area contributed by atoms with Gasteiger partial charge in [-0.1, -0.05) is 210 Å². The summed E-state index contributed by atoms with van der Waals surface area (Å²) in [4.78, 5) is 25.1. The van der Waals surface area contributed by atoms with Gasteiger partial charge in [0.15, 0.2) is 0 Å². The van der Waals surface area contributed by atoms with Crippen molar-refractivity contribution in [2.75, 3.05) is 54.1 Å². The van der Waals surface area contributed by atoms with Crippen LogP contribution in [-0.2, 0) is 27.9 Å². The fraction of sp³-hybridized carbons (Fsp3) is 0.827. The van der Waals surface area contributed by atoms with Crippen LogP contribution in [0.5, 0.6) is 0 Å². The van der Waals surface area contributed by atoms with Crippen molar-refractivity contribution in [2.24, 2.45) is 0 Å². The molecule has 0 aromatic carbocycles. The van der Waals surface area contributed by atoms with Crippen LogP contribution >= 0.6 is 7.82 Å². The molecule has 0 bridgehead atoms. The lowest BCUT2D eigenvalue weighted by Gasteiger charge is -2.28. The number of nitrogens with zero attached hydrogens (tertiary/aromatic N) is 1. The Morgan fingerprint density at radius 3 is 1.43 bits per heavy atom. The van der Waals surface area contributed by atoms with Crippen molar-refractivity contribution in [1.82, 2.24) is 0 Å². The predicted molar refractivity (Wildman–Crippen MR) is 259 cm³/mol. The summed E-state index contributed by atoms with van der Waals surface area (Å²) < 4.78 is 34.7. The Morgan fingerprint density at radius 1 is 0.525 bits per heavy atom. The van der Waals surface area contributed by atoms with Crippen molar-refractivity contribution in [3.05, 3.63) is 48.6 Å². The van der Waals surface area contributed by atoms with Crippen LogP contribution in [0, 0.1) is 0 Å². The van der Waals surface area contributed by atoms with E-state index in [1.54, 1.807) is 0 Å². The number of quaternary nitrogens is 1. The number of ether oxygens (including phenoxy) is 2. The lowest BCUT2D eigenvalue weighted by molar-refractivity contribution is -0.870. The first-order valence-corrected chi connectivity index (χ1v) is 26.8. The van der Waals surface area contributed by atoms with E-state index in [2.05, 4.69) is 62.5 Å². The summed E-state index contributed by atoms with van der Waals surface area (Å²) >= 11 is 0. The molecule has 0 aromatic rings. The molecule has 61 heavy (non-hydrogen) atoms. The first-order valence-electron chi connectivity index (χ1n) is 25.4. The van der Waals surface area contributed by atoms with Crippen molar-refractivity contribution in [3.8, 4) is 0 Å². The number of esters is 1. The number of carbonyl (C=O) groups excluding carboxylic acids is 1. The molecule has 8 nitrogen and oxygen atoms in total. The maximum absolute atomic E-state index is 12.7. The Kier molecular flexibility index (Phi) is 43.9. The van der Waals surface area contributed by atoms with Crippen LogP contribution < -0.4 is 4.89 Å². The molecule has 0 aromatic heterocycles. The SMILES string of the molecule is CC/C=C\C/C=C\C/C=C\C/C=C\CCCCCCCCCCCCCCCOCC(COP(=O)([O-])OCC[N+](C)(C)C)OC(=O)CCCCCCCCCCCCCCC. The fourth-order valence-corrected chi connectivity index (χ4v) is 7.74. The van der Waals surface area contributed by atoms with Crippen molar-refractivity contribution in [3.63, 3.8) is 0 Å². The van der Waals surface area contributed by atoms with E-state index < -0.39 is 13.9 Å². The number of likely N-dealkylation sites (N-methyl/N-ethyl adjacent to an activating group) is 1. The van der Waals surface area contributed by atoms with Crippen LogP contribution in [0.25, 0.3) is 0 Å². The van der Waals surface area contributed by atoms with Crippen LogP contribution in [0.2, 0.25) is 0 Å². The van der Waals surface area contributed by atoms with E-state index in [1.807, 2.05) is 21.1 Å². The molecule has 0 spiro atoms. The normalized spacial score (nSPS) is 14.0. The van der Waals surface area contributed by atoms with Gasteiger partial charge in [0.1, 0.15) is 19.3 Å². The number of hydrogen-bond acceptors (Lipinski definition) is 7. The Hall–Kier alpha value is -1.54. The molecule has 2 atom stereocenters. The first kappa shape index (κ1) is 59.5. The predicted octanol–water partition coefficient (Wildman–Crippen LogP) is 14.9. The second kappa shape index (κ2) is 45.0. The molecule has 0 rings (SSSR count). The summed E-state index contributed by atoms with van der Waals surface area (Å²) in [6.07, 6.45) is 55.6. The van der Waals surface area contributed by atoms with Gasteiger partial charge in [0.05, 0.1) is 34.4 Å². The lowest BCUT2D eigenvalue weighted by atomic mass is 10.0. The molecule has 0 amide bonds. The van der Waals surface area contributed by atoms with E-state index in [0.717, 1.165) is 57.8 Å². The molecule has 0 N–H and O–H groups in total. The molecular weight excluding hydrogens is 782 g/mol. The minimum Gasteiger partial charge on any atom is -0.756 e. The van der Waals surface area contributed by atoms with Crippen molar-refractivity contribution >= 4 is 13.8 Å². The van der Waals surface area contributed by atoms with E-state index in [4.69, 9.17) is 18.5 Å². The van der Waals surface area contributed by atoms with Crippen molar-refractivity contribution in [1.29, 1.82) is 0 Å². The summed E-state index contributed by atoms with van der Waals surface area (Å²) in [6.45, 7) is 5.32. The Morgan fingerprint density at radius 2 is 0.951 bits per heavy atom. The van der Waals surface area contributed by atoms with Crippen LogP contribution in [0.1, 0.15) is 219 Å². The van der Waals surface area contributed by atoms with Gasteiger partial charge in [0.25, 0.3) is 7.82 Å². The lowest BCUT2D eigenvalue weighted by Crippen LogP contribution is -2.37. The smallest absolute Gasteiger partial charge is 0.306 e. The largest absolute Gasteiger partial charge is 0.756 e. The van der Waals surface area contributed by atoms with E-state index in [-0.39, 0.29) is 25.8 Å². The zero-order valence-corrected chi connectivity index (χ0v) is 41.5. The van der Waals surface area contributed by atoms with Crippen molar-refractivity contribution in [2.45, 2.75) is 225 Å². The molecular formula is C52H98NO7P. The van der Waals surface area contributed by atoms with Gasteiger partial charge in [-0.05, 0) is 51.4 Å². The highest BCUT2D eigenvalue weighted by Crippen LogP contribution is 2.38. The topological polar surface area (TPSA) is 94.1 Å². The Labute approximate surface area is 378 Å². The van der Waals surface area contributed by atoms with Crippen LogP contribution in [0.3, 0.4) is 0 Å². The number of rotatable bonds is 47. The molecule has 0 radical (unpaired) electrons. The molecule has 9 heteroatoms. The minimum atomic E-state index is -4.53. The molecule has 0 fully saturated rings. The molecule has 0 heterocycles.